The second-order valence-corrected chi connectivity index (χ2v) is 5.65. The van der Waals surface area contributed by atoms with Gasteiger partial charge in [0.15, 0.2) is 0 Å². The highest BCUT2D eigenvalue weighted by Gasteiger charge is 2.46. The quantitative estimate of drug-likeness (QED) is 0.682. The molecule has 1 aliphatic carbocycles. The molecule has 1 saturated heterocycles. The number of para-hydroxylation sites is 1. The van der Waals surface area contributed by atoms with Crippen LogP contribution in [0.5, 0.6) is 0 Å². The number of nitrogens with zero attached hydrogens (tertiary/aromatic N) is 1. The standard InChI is InChI=1S/C17H18N2O3/c20-15(18-12-6-2-1-3-7-12)10-11-19-16(21)13-8-4-5-9-14(13)17(19)22/h1-7,13-14H,8-11H2,(H,18,20)/t13-,14-/m1/s1. The molecule has 0 radical (unpaired) electrons. The first-order valence-corrected chi connectivity index (χ1v) is 7.52. The van der Waals surface area contributed by atoms with Crippen LogP contribution in [0.3, 0.4) is 0 Å². The van der Waals surface area contributed by atoms with E-state index < -0.39 is 0 Å². The third-order valence-corrected chi connectivity index (χ3v) is 4.22. The van der Waals surface area contributed by atoms with E-state index in [1.165, 1.54) is 4.90 Å². The lowest BCUT2D eigenvalue weighted by molar-refractivity contribution is -0.140. The van der Waals surface area contributed by atoms with E-state index in [4.69, 9.17) is 0 Å². The van der Waals surface area contributed by atoms with Gasteiger partial charge in [0.05, 0.1) is 11.8 Å². The molecule has 2 atom stereocenters. The summed E-state index contributed by atoms with van der Waals surface area (Å²) >= 11 is 0. The molecular formula is C17H18N2O3. The van der Waals surface area contributed by atoms with Crippen molar-refractivity contribution in [2.24, 2.45) is 11.8 Å². The average molecular weight is 298 g/mol. The number of fused-ring (bicyclic) bond motifs is 1. The van der Waals surface area contributed by atoms with Crippen LogP contribution in [-0.4, -0.2) is 29.2 Å². The minimum atomic E-state index is -0.227. The SMILES string of the molecule is O=C(CCN1C(=O)[C@@H]2CC=CC[C@H]2C1=O)Nc1ccccc1. The number of carbonyl (C=O) groups is 3. The van der Waals surface area contributed by atoms with Crippen LogP contribution in [-0.2, 0) is 14.4 Å². The topological polar surface area (TPSA) is 66.5 Å². The Labute approximate surface area is 129 Å². The fourth-order valence-electron chi connectivity index (χ4n) is 3.05. The van der Waals surface area contributed by atoms with E-state index in [0.29, 0.717) is 18.5 Å². The van der Waals surface area contributed by atoms with Crippen LogP contribution in [0.4, 0.5) is 5.69 Å². The number of likely N-dealkylation sites (tertiary alicyclic amines) is 1. The second-order valence-electron chi connectivity index (χ2n) is 5.65. The molecule has 22 heavy (non-hydrogen) atoms. The van der Waals surface area contributed by atoms with Gasteiger partial charge in [0.25, 0.3) is 0 Å². The highest BCUT2D eigenvalue weighted by molar-refractivity contribution is 6.05. The number of hydrogen-bond acceptors (Lipinski definition) is 3. The Morgan fingerprint density at radius 3 is 2.23 bits per heavy atom. The third-order valence-electron chi connectivity index (χ3n) is 4.22. The van der Waals surface area contributed by atoms with Crippen LogP contribution in [0, 0.1) is 11.8 Å². The second kappa shape index (κ2) is 6.13. The van der Waals surface area contributed by atoms with E-state index in [1.54, 1.807) is 12.1 Å². The van der Waals surface area contributed by atoms with Crippen LogP contribution in [0.15, 0.2) is 42.5 Å². The predicted molar refractivity (Wildman–Crippen MR) is 81.8 cm³/mol. The fraction of sp³-hybridized carbons (Fsp3) is 0.353. The largest absolute Gasteiger partial charge is 0.326 e. The first-order valence-electron chi connectivity index (χ1n) is 7.52. The van der Waals surface area contributed by atoms with Crippen LogP contribution in [0.1, 0.15) is 19.3 Å². The van der Waals surface area contributed by atoms with Gasteiger partial charge in [0.1, 0.15) is 0 Å². The summed E-state index contributed by atoms with van der Waals surface area (Å²) in [7, 11) is 0. The zero-order valence-corrected chi connectivity index (χ0v) is 12.2. The van der Waals surface area contributed by atoms with Crippen LogP contribution in [0.25, 0.3) is 0 Å². The molecule has 0 unspecified atom stereocenters. The lowest BCUT2D eigenvalue weighted by Gasteiger charge is -2.14. The number of carbonyl (C=O) groups excluding carboxylic acids is 3. The maximum absolute atomic E-state index is 12.3. The molecule has 0 bridgehead atoms. The molecule has 3 rings (SSSR count). The Balaban J connectivity index is 1.56. The van der Waals surface area contributed by atoms with Crippen LogP contribution >= 0.6 is 0 Å². The number of anilines is 1. The lowest BCUT2D eigenvalue weighted by Crippen LogP contribution is -2.34. The van der Waals surface area contributed by atoms with Gasteiger partial charge in [-0.15, -0.1) is 0 Å². The van der Waals surface area contributed by atoms with E-state index in [2.05, 4.69) is 5.32 Å². The minimum absolute atomic E-state index is 0.124. The number of amides is 3. The minimum Gasteiger partial charge on any atom is -0.326 e. The van der Waals surface area contributed by atoms with Gasteiger partial charge in [-0.2, -0.15) is 0 Å². The van der Waals surface area contributed by atoms with Gasteiger partial charge in [-0.05, 0) is 25.0 Å². The van der Waals surface area contributed by atoms with Crippen molar-refractivity contribution in [1.82, 2.24) is 4.90 Å². The van der Waals surface area contributed by atoms with Gasteiger partial charge in [-0.1, -0.05) is 30.4 Å². The number of imide groups is 1. The number of hydrogen-bond donors (Lipinski definition) is 1. The van der Waals surface area contributed by atoms with Crippen molar-refractivity contribution in [3.05, 3.63) is 42.5 Å². The first kappa shape index (κ1) is 14.5. The number of nitrogens with one attached hydrogen (secondary N) is 1. The monoisotopic (exact) mass is 298 g/mol. The van der Waals surface area contributed by atoms with Crippen molar-refractivity contribution in [1.29, 1.82) is 0 Å². The molecule has 1 aliphatic heterocycles. The van der Waals surface area contributed by atoms with Gasteiger partial charge < -0.3 is 5.32 Å². The van der Waals surface area contributed by atoms with Gasteiger partial charge in [-0.3, -0.25) is 19.3 Å². The number of rotatable bonds is 4. The molecule has 1 fully saturated rings. The summed E-state index contributed by atoms with van der Waals surface area (Å²) in [4.78, 5) is 37.7. The first-order chi connectivity index (χ1) is 10.7. The molecule has 2 aliphatic rings. The average Bonchev–Trinajstić information content (AvgIpc) is 2.78. The summed E-state index contributed by atoms with van der Waals surface area (Å²) in [5.41, 5.74) is 0.712. The molecule has 5 nitrogen and oxygen atoms in total. The summed E-state index contributed by atoms with van der Waals surface area (Å²) in [6.45, 7) is 0.156. The van der Waals surface area contributed by atoms with Crippen molar-refractivity contribution < 1.29 is 14.4 Å². The zero-order chi connectivity index (χ0) is 15.5. The van der Waals surface area contributed by atoms with Crippen LogP contribution < -0.4 is 5.32 Å². The summed E-state index contributed by atoms with van der Waals surface area (Å²) in [5, 5.41) is 2.76. The molecule has 114 valence electrons. The van der Waals surface area contributed by atoms with Crippen molar-refractivity contribution in [2.75, 3.05) is 11.9 Å². The Morgan fingerprint density at radius 1 is 1.05 bits per heavy atom. The smallest absolute Gasteiger partial charge is 0.233 e. The molecule has 0 saturated carbocycles. The Hall–Kier alpha value is -2.43. The zero-order valence-electron chi connectivity index (χ0n) is 12.2. The van der Waals surface area contributed by atoms with Gasteiger partial charge >= 0.3 is 0 Å². The molecule has 3 amide bonds. The van der Waals surface area contributed by atoms with E-state index in [9.17, 15) is 14.4 Å². The van der Waals surface area contributed by atoms with Gasteiger partial charge in [0.2, 0.25) is 17.7 Å². The maximum atomic E-state index is 12.3. The van der Waals surface area contributed by atoms with Gasteiger partial charge in [-0.25, -0.2) is 0 Å². The predicted octanol–water partition coefficient (Wildman–Crippen LogP) is 1.97. The highest BCUT2D eigenvalue weighted by Crippen LogP contribution is 2.34. The maximum Gasteiger partial charge on any atom is 0.233 e. The molecule has 5 heteroatoms. The van der Waals surface area contributed by atoms with Gasteiger partial charge in [0, 0.05) is 18.7 Å². The normalized spacial score (nSPS) is 23.5. The summed E-state index contributed by atoms with van der Waals surface area (Å²) < 4.78 is 0. The highest BCUT2D eigenvalue weighted by atomic mass is 16.2. The van der Waals surface area contributed by atoms with E-state index in [1.807, 2.05) is 30.4 Å². The third kappa shape index (κ3) is 2.79. The Kier molecular flexibility index (Phi) is 4.04. The van der Waals surface area contributed by atoms with E-state index in [0.717, 1.165) is 0 Å². The number of allylic oxidation sites excluding steroid dienone is 2. The molecule has 1 aromatic carbocycles. The fourth-order valence-corrected chi connectivity index (χ4v) is 3.05. The lowest BCUT2D eigenvalue weighted by atomic mass is 9.85. The summed E-state index contributed by atoms with van der Waals surface area (Å²) in [6, 6.07) is 9.13. The van der Waals surface area contributed by atoms with E-state index in [-0.39, 0.29) is 42.5 Å². The number of benzene rings is 1. The van der Waals surface area contributed by atoms with Crippen molar-refractivity contribution in [2.45, 2.75) is 19.3 Å². The molecular weight excluding hydrogens is 280 g/mol. The molecule has 0 aromatic heterocycles. The molecule has 0 spiro atoms. The Morgan fingerprint density at radius 2 is 1.64 bits per heavy atom. The van der Waals surface area contributed by atoms with Crippen molar-refractivity contribution in [3.8, 4) is 0 Å². The summed E-state index contributed by atoms with van der Waals surface area (Å²) in [5.74, 6) is -0.914. The van der Waals surface area contributed by atoms with Crippen molar-refractivity contribution in [3.63, 3.8) is 0 Å². The van der Waals surface area contributed by atoms with Crippen LogP contribution in [0.2, 0.25) is 0 Å². The summed E-state index contributed by atoms with van der Waals surface area (Å²) in [6.07, 6.45) is 5.29. The molecule has 1 N–H and O–H groups in total. The molecule has 1 heterocycles. The Bertz CT molecular complexity index is 598. The van der Waals surface area contributed by atoms with E-state index >= 15 is 0 Å². The van der Waals surface area contributed by atoms with Crippen molar-refractivity contribution >= 4 is 23.4 Å². The molecule has 1 aromatic rings.